The predicted molar refractivity (Wildman–Crippen MR) is 98.0 cm³/mol. The summed E-state index contributed by atoms with van der Waals surface area (Å²) in [4.78, 5) is 36.2. The molecule has 1 N–H and O–H groups in total. The molecular weight excluding hydrogens is 368 g/mol. The fourth-order valence-electron chi connectivity index (χ4n) is 2.88. The first-order chi connectivity index (χ1) is 13.2. The molecule has 8 nitrogen and oxygen atoms in total. The summed E-state index contributed by atoms with van der Waals surface area (Å²) in [6.45, 7) is 0.972. The molecule has 0 unspecified atom stereocenters. The van der Waals surface area contributed by atoms with Crippen LogP contribution in [0.5, 0.6) is 5.88 Å². The van der Waals surface area contributed by atoms with Gasteiger partial charge in [-0.25, -0.2) is 9.97 Å². The maximum Gasteiger partial charge on any atom is 0.293 e. The highest BCUT2D eigenvalue weighted by atomic mass is 32.1. The highest BCUT2D eigenvalue weighted by molar-refractivity contribution is 7.15. The Morgan fingerprint density at radius 2 is 2.22 bits per heavy atom. The van der Waals surface area contributed by atoms with Gasteiger partial charge in [0.25, 0.3) is 11.8 Å². The van der Waals surface area contributed by atoms with Crippen LogP contribution < -0.4 is 10.1 Å². The van der Waals surface area contributed by atoms with Crippen LogP contribution >= 0.6 is 11.3 Å². The van der Waals surface area contributed by atoms with Gasteiger partial charge in [-0.2, -0.15) is 0 Å². The van der Waals surface area contributed by atoms with Crippen LogP contribution in [0.25, 0.3) is 0 Å². The number of aromatic nitrogens is 2. The number of thiazole rings is 1. The molecule has 0 atom stereocenters. The lowest BCUT2D eigenvalue weighted by atomic mass is 10.1. The third-order valence-corrected chi connectivity index (χ3v) is 5.18. The van der Waals surface area contributed by atoms with E-state index >= 15 is 0 Å². The number of carbonyl (C=O) groups is 2. The second kappa shape index (κ2) is 7.20. The minimum atomic E-state index is -0.348. The number of amides is 2. The van der Waals surface area contributed by atoms with Crippen LogP contribution in [0.3, 0.4) is 0 Å². The maximum atomic E-state index is 12.8. The first kappa shape index (κ1) is 17.2. The van der Waals surface area contributed by atoms with Crippen molar-refractivity contribution in [3.05, 3.63) is 58.6 Å². The third-order valence-electron chi connectivity index (χ3n) is 4.18. The van der Waals surface area contributed by atoms with Gasteiger partial charge in [-0.15, -0.1) is 0 Å². The summed E-state index contributed by atoms with van der Waals surface area (Å²) in [5.41, 5.74) is 1.33. The van der Waals surface area contributed by atoms with Crippen molar-refractivity contribution in [2.45, 2.75) is 13.0 Å². The molecule has 0 saturated heterocycles. The van der Waals surface area contributed by atoms with E-state index in [2.05, 4.69) is 15.3 Å². The van der Waals surface area contributed by atoms with Crippen molar-refractivity contribution in [1.29, 1.82) is 0 Å². The predicted octanol–water partition coefficient (Wildman–Crippen LogP) is 2.59. The second-order valence-electron chi connectivity index (χ2n) is 5.86. The lowest BCUT2D eigenvalue weighted by Gasteiger charge is -2.26. The number of hydrogen-bond acceptors (Lipinski definition) is 7. The van der Waals surface area contributed by atoms with E-state index in [9.17, 15) is 9.59 Å². The number of methoxy groups -OCH3 is 1. The first-order valence-electron chi connectivity index (χ1n) is 8.27. The molecule has 0 spiro atoms. The van der Waals surface area contributed by atoms with E-state index in [4.69, 9.17) is 9.15 Å². The Balaban J connectivity index is 1.49. The highest BCUT2D eigenvalue weighted by Crippen LogP contribution is 2.30. The number of fused-ring (bicyclic) bond motifs is 1. The van der Waals surface area contributed by atoms with E-state index in [1.165, 1.54) is 24.7 Å². The topological polar surface area (TPSA) is 97.6 Å². The number of anilines is 1. The monoisotopic (exact) mass is 384 g/mol. The number of nitrogens with one attached hydrogen (secondary N) is 1. The van der Waals surface area contributed by atoms with Gasteiger partial charge < -0.3 is 14.1 Å². The number of carbonyl (C=O) groups excluding carboxylic acids is 2. The fourth-order valence-corrected chi connectivity index (χ4v) is 3.89. The van der Waals surface area contributed by atoms with Crippen molar-refractivity contribution in [2.75, 3.05) is 19.0 Å². The third kappa shape index (κ3) is 3.41. The summed E-state index contributed by atoms with van der Waals surface area (Å²) < 4.78 is 10.3. The zero-order chi connectivity index (χ0) is 18.8. The summed E-state index contributed by atoms with van der Waals surface area (Å²) in [7, 11) is 1.49. The summed E-state index contributed by atoms with van der Waals surface area (Å²) in [5.74, 6) is 0.0481. The van der Waals surface area contributed by atoms with Gasteiger partial charge in [0.15, 0.2) is 10.9 Å². The molecule has 3 aromatic rings. The molecule has 0 aromatic carbocycles. The molecule has 3 aromatic heterocycles. The van der Waals surface area contributed by atoms with E-state index in [0.29, 0.717) is 36.1 Å². The van der Waals surface area contributed by atoms with Crippen LogP contribution in [0.4, 0.5) is 5.13 Å². The Kier molecular flexibility index (Phi) is 4.59. The van der Waals surface area contributed by atoms with Crippen LogP contribution in [0.15, 0.2) is 41.1 Å². The van der Waals surface area contributed by atoms with Gasteiger partial charge in [0.1, 0.15) is 5.56 Å². The first-order valence-corrected chi connectivity index (χ1v) is 9.09. The summed E-state index contributed by atoms with van der Waals surface area (Å²) in [6, 6.07) is 6.65. The van der Waals surface area contributed by atoms with Crippen molar-refractivity contribution >= 4 is 28.3 Å². The molecule has 2 amide bonds. The molecule has 138 valence electrons. The molecule has 0 radical (unpaired) electrons. The SMILES string of the molecule is COc1ncccc1C(=O)N1CCc2nc(NC(=O)c3ccco3)sc2C1. The standard InChI is InChI=1S/C18H16N4O4S/c1-25-16-11(4-2-7-19-16)17(24)22-8-6-12-14(10-22)27-18(20-12)21-15(23)13-5-3-9-26-13/h2-5,7,9H,6,8,10H2,1H3,(H,20,21,23). The van der Waals surface area contributed by atoms with E-state index in [-0.39, 0.29) is 17.6 Å². The van der Waals surface area contributed by atoms with E-state index in [1.54, 1.807) is 35.4 Å². The average Bonchev–Trinajstić information content (AvgIpc) is 3.36. The smallest absolute Gasteiger partial charge is 0.293 e. The number of rotatable bonds is 4. The molecule has 27 heavy (non-hydrogen) atoms. The van der Waals surface area contributed by atoms with Crippen molar-refractivity contribution < 1.29 is 18.7 Å². The van der Waals surface area contributed by atoms with E-state index in [0.717, 1.165) is 10.6 Å². The Morgan fingerprint density at radius 3 is 3.00 bits per heavy atom. The molecule has 4 rings (SSSR count). The van der Waals surface area contributed by atoms with Crippen LogP contribution in [0, 0.1) is 0 Å². The molecule has 4 heterocycles. The molecule has 0 aliphatic carbocycles. The largest absolute Gasteiger partial charge is 0.480 e. The summed E-state index contributed by atoms with van der Waals surface area (Å²) >= 11 is 1.36. The number of hydrogen-bond donors (Lipinski definition) is 1. The number of nitrogens with zero attached hydrogens (tertiary/aromatic N) is 3. The zero-order valence-electron chi connectivity index (χ0n) is 14.5. The van der Waals surface area contributed by atoms with Gasteiger partial charge in [0.05, 0.1) is 25.6 Å². The molecule has 1 aliphatic heterocycles. The van der Waals surface area contributed by atoms with Gasteiger partial charge in [-0.3, -0.25) is 14.9 Å². The van der Waals surface area contributed by atoms with Crippen molar-refractivity contribution in [2.24, 2.45) is 0 Å². The van der Waals surface area contributed by atoms with Crippen molar-refractivity contribution in [3.8, 4) is 5.88 Å². The van der Waals surface area contributed by atoms with Crippen LogP contribution in [-0.4, -0.2) is 40.3 Å². The summed E-state index contributed by atoms with van der Waals surface area (Å²) in [5, 5.41) is 3.23. The molecule has 1 aliphatic rings. The Morgan fingerprint density at radius 1 is 1.33 bits per heavy atom. The maximum absolute atomic E-state index is 12.8. The van der Waals surface area contributed by atoms with Crippen LogP contribution in [0.1, 0.15) is 31.5 Å². The average molecular weight is 384 g/mol. The molecular formula is C18H16N4O4S. The van der Waals surface area contributed by atoms with Gasteiger partial charge in [0.2, 0.25) is 5.88 Å². The lowest BCUT2D eigenvalue weighted by molar-refractivity contribution is 0.0731. The zero-order valence-corrected chi connectivity index (χ0v) is 15.3. The van der Waals surface area contributed by atoms with Crippen LogP contribution in [0.2, 0.25) is 0 Å². The van der Waals surface area contributed by atoms with Gasteiger partial charge in [0, 0.05) is 24.0 Å². The number of pyridine rings is 1. The van der Waals surface area contributed by atoms with Gasteiger partial charge in [-0.1, -0.05) is 11.3 Å². The Hall–Kier alpha value is -3.20. The Bertz CT molecular complexity index is 983. The normalized spacial score (nSPS) is 13.1. The number of ether oxygens (including phenoxy) is 1. The quantitative estimate of drug-likeness (QED) is 0.743. The fraction of sp³-hybridized carbons (Fsp3) is 0.222. The second-order valence-corrected chi connectivity index (χ2v) is 6.94. The minimum Gasteiger partial charge on any atom is -0.480 e. The minimum absolute atomic E-state index is 0.139. The van der Waals surface area contributed by atoms with E-state index in [1.807, 2.05) is 0 Å². The Labute approximate surface area is 158 Å². The molecule has 0 saturated carbocycles. The van der Waals surface area contributed by atoms with Crippen molar-refractivity contribution in [3.63, 3.8) is 0 Å². The lowest BCUT2D eigenvalue weighted by Crippen LogP contribution is -2.35. The van der Waals surface area contributed by atoms with E-state index < -0.39 is 0 Å². The van der Waals surface area contributed by atoms with Gasteiger partial charge >= 0.3 is 0 Å². The van der Waals surface area contributed by atoms with Crippen molar-refractivity contribution in [1.82, 2.24) is 14.9 Å². The molecule has 0 bridgehead atoms. The molecule has 0 fully saturated rings. The summed E-state index contributed by atoms with van der Waals surface area (Å²) in [6.07, 6.45) is 3.65. The van der Waals surface area contributed by atoms with Crippen LogP contribution in [-0.2, 0) is 13.0 Å². The number of furan rings is 1. The van der Waals surface area contributed by atoms with Gasteiger partial charge in [-0.05, 0) is 24.3 Å². The highest BCUT2D eigenvalue weighted by Gasteiger charge is 2.27. The molecule has 9 heteroatoms.